The summed E-state index contributed by atoms with van der Waals surface area (Å²) in [5.41, 5.74) is 6.66. The molecule has 0 unspecified atom stereocenters. The normalized spacial score (nSPS) is 11.4. The number of fused-ring (bicyclic) bond motifs is 1. The number of anilines is 1. The maximum absolute atomic E-state index is 14.1. The Balaban J connectivity index is 2.08. The average molecular weight is 293 g/mol. The fraction of sp³-hybridized carbons (Fsp3) is 0.154. The number of pyridine rings is 1. The number of nitrogens with two attached hydrogens (primary N) is 1. The predicted octanol–water partition coefficient (Wildman–Crippen LogP) is 2.32. The van der Waals surface area contributed by atoms with E-state index in [0.717, 1.165) is 6.07 Å². The first-order valence-electron chi connectivity index (χ1n) is 6.08. The number of alkyl halides is 2. The van der Waals surface area contributed by atoms with E-state index in [1.165, 1.54) is 16.9 Å². The van der Waals surface area contributed by atoms with Gasteiger partial charge in [-0.2, -0.15) is 0 Å². The molecule has 108 valence electrons. The molecule has 3 heterocycles. The van der Waals surface area contributed by atoms with Gasteiger partial charge in [0.25, 0.3) is 0 Å². The molecule has 0 aliphatic carbocycles. The smallest absolute Gasteiger partial charge is 0.242 e. The van der Waals surface area contributed by atoms with Crippen LogP contribution in [0.5, 0.6) is 0 Å². The summed E-state index contributed by atoms with van der Waals surface area (Å²) in [5.74, 6) is -0.653. The monoisotopic (exact) mass is 293 g/mol. The number of halogens is 3. The molecule has 0 spiro atoms. The third-order valence-corrected chi connectivity index (χ3v) is 2.95. The van der Waals surface area contributed by atoms with E-state index in [0.29, 0.717) is 11.2 Å². The van der Waals surface area contributed by atoms with Gasteiger partial charge >= 0.3 is 0 Å². The maximum atomic E-state index is 14.1. The lowest BCUT2D eigenvalue weighted by atomic mass is 10.1. The van der Waals surface area contributed by atoms with Crippen LogP contribution in [0.3, 0.4) is 0 Å². The van der Waals surface area contributed by atoms with Gasteiger partial charge in [-0.05, 0) is 23.8 Å². The van der Waals surface area contributed by atoms with Gasteiger partial charge in [0.2, 0.25) is 12.4 Å². The van der Waals surface area contributed by atoms with Crippen LogP contribution in [0.2, 0.25) is 0 Å². The van der Waals surface area contributed by atoms with Crippen LogP contribution in [0.25, 0.3) is 16.9 Å². The van der Waals surface area contributed by atoms with Crippen LogP contribution in [0.1, 0.15) is 5.56 Å². The van der Waals surface area contributed by atoms with Gasteiger partial charge in [0.15, 0.2) is 5.82 Å². The van der Waals surface area contributed by atoms with Gasteiger partial charge in [0.1, 0.15) is 5.69 Å². The minimum Gasteiger partial charge on any atom is -0.367 e. The van der Waals surface area contributed by atoms with Crippen molar-refractivity contribution in [1.29, 1.82) is 0 Å². The van der Waals surface area contributed by atoms with Crippen molar-refractivity contribution in [2.45, 2.75) is 12.8 Å². The van der Waals surface area contributed by atoms with Crippen LogP contribution in [0.4, 0.5) is 19.1 Å². The third kappa shape index (κ3) is 2.51. The lowest BCUT2D eigenvalue weighted by molar-refractivity contribution is 0.149. The first-order valence-corrected chi connectivity index (χ1v) is 6.08. The molecule has 0 saturated carbocycles. The van der Waals surface area contributed by atoms with Crippen molar-refractivity contribution >= 4 is 11.5 Å². The third-order valence-electron chi connectivity index (χ3n) is 2.95. The van der Waals surface area contributed by atoms with Crippen molar-refractivity contribution in [3.05, 3.63) is 42.0 Å². The van der Waals surface area contributed by atoms with Crippen LogP contribution < -0.4 is 5.73 Å². The van der Waals surface area contributed by atoms with Gasteiger partial charge in [-0.1, -0.05) is 0 Å². The molecule has 0 saturated heterocycles. The molecule has 3 aromatic heterocycles. The topological polar surface area (TPSA) is 69.1 Å². The van der Waals surface area contributed by atoms with Gasteiger partial charge in [-0.15, -0.1) is 5.10 Å². The Morgan fingerprint density at radius 1 is 1.19 bits per heavy atom. The summed E-state index contributed by atoms with van der Waals surface area (Å²) in [5, 5.41) is 3.98. The Bertz CT molecular complexity index is 800. The number of rotatable bonds is 3. The molecule has 0 aliphatic heterocycles. The molecule has 2 N–H and O–H groups in total. The molecule has 0 aromatic carbocycles. The van der Waals surface area contributed by atoms with Crippen LogP contribution in [0, 0.1) is 5.82 Å². The van der Waals surface area contributed by atoms with E-state index in [-0.39, 0.29) is 17.2 Å². The molecular weight excluding hydrogens is 283 g/mol. The molecule has 5 nitrogen and oxygen atoms in total. The summed E-state index contributed by atoms with van der Waals surface area (Å²) in [6.07, 6.45) is -0.351. The van der Waals surface area contributed by atoms with Crippen LogP contribution in [-0.2, 0) is 6.42 Å². The fourth-order valence-corrected chi connectivity index (χ4v) is 2.05. The molecule has 8 heteroatoms. The quantitative estimate of drug-likeness (QED) is 0.804. The Morgan fingerprint density at radius 2 is 2.00 bits per heavy atom. The lowest BCUT2D eigenvalue weighted by Gasteiger charge is -2.05. The van der Waals surface area contributed by atoms with E-state index in [2.05, 4.69) is 15.1 Å². The Labute approximate surface area is 117 Å². The summed E-state index contributed by atoms with van der Waals surface area (Å²) in [6, 6.07) is 4.35. The molecular formula is C13H10F3N5. The predicted molar refractivity (Wildman–Crippen MR) is 70.3 cm³/mol. The van der Waals surface area contributed by atoms with Gasteiger partial charge in [0, 0.05) is 12.6 Å². The summed E-state index contributed by atoms with van der Waals surface area (Å²) < 4.78 is 40.1. The van der Waals surface area contributed by atoms with Crippen LogP contribution in [-0.4, -0.2) is 26.0 Å². The van der Waals surface area contributed by atoms with Crippen LogP contribution in [0.15, 0.2) is 30.6 Å². The highest BCUT2D eigenvalue weighted by molar-refractivity contribution is 5.64. The second kappa shape index (κ2) is 5.04. The highest BCUT2D eigenvalue weighted by Gasteiger charge is 2.14. The number of nitrogen functional groups attached to an aromatic ring is 1. The summed E-state index contributed by atoms with van der Waals surface area (Å²) >= 11 is 0. The van der Waals surface area contributed by atoms with Gasteiger partial charge in [-0.25, -0.2) is 22.7 Å². The second-order valence-corrected chi connectivity index (χ2v) is 4.44. The first kappa shape index (κ1) is 13.3. The highest BCUT2D eigenvalue weighted by Crippen LogP contribution is 2.23. The Morgan fingerprint density at radius 3 is 2.71 bits per heavy atom. The average Bonchev–Trinajstić information content (AvgIpc) is 2.81. The zero-order valence-electron chi connectivity index (χ0n) is 10.7. The van der Waals surface area contributed by atoms with Crippen LogP contribution >= 0.6 is 0 Å². The zero-order chi connectivity index (χ0) is 15.0. The lowest BCUT2D eigenvalue weighted by Crippen LogP contribution is -2.04. The summed E-state index contributed by atoms with van der Waals surface area (Å²) in [6.45, 7) is 0. The van der Waals surface area contributed by atoms with E-state index in [1.807, 2.05) is 0 Å². The standard InChI is InChI=1S/C13H10F3N5/c14-9-3-7(4-11(15)16)5-18-12(9)10-2-1-8-6-19-13(17)20-21(8)10/h1-3,5-6,11H,4H2,(H2,17,20). The largest absolute Gasteiger partial charge is 0.367 e. The number of hydrogen-bond donors (Lipinski definition) is 1. The van der Waals surface area contributed by atoms with Crippen molar-refractivity contribution in [2.75, 3.05) is 5.73 Å². The molecule has 0 radical (unpaired) electrons. The SMILES string of the molecule is Nc1ncc2ccc(-c3ncc(CC(F)F)cc3F)n2n1. The van der Waals surface area contributed by atoms with E-state index in [9.17, 15) is 13.2 Å². The number of nitrogens with zero attached hydrogens (tertiary/aromatic N) is 4. The van der Waals surface area contributed by atoms with Crippen molar-refractivity contribution < 1.29 is 13.2 Å². The molecule has 0 fully saturated rings. The van der Waals surface area contributed by atoms with Crippen molar-refractivity contribution in [3.63, 3.8) is 0 Å². The zero-order valence-corrected chi connectivity index (χ0v) is 10.7. The molecule has 3 aromatic rings. The molecule has 0 atom stereocenters. The molecule has 21 heavy (non-hydrogen) atoms. The van der Waals surface area contributed by atoms with Gasteiger partial charge < -0.3 is 5.73 Å². The van der Waals surface area contributed by atoms with Crippen molar-refractivity contribution in [1.82, 2.24) is 19.6 Å². The molecule has 0 amide bonds. The first-order chi connectivity index (χ1) is 10.0. The summed E-state index contributed by atoms with van der Waals surface area (Å²) in [7, 11) is 0. The number of hydrogen-bond acceptors (Lipinski definition) is 4. The van der Waals surface area contributed by atoms with E-state index in [1.54, 1.807) is 12.1 Å². The van der Waals surface area contributed by atoms with Gasteiger partial charge in [0.05, 0.1) is 17.4 Å². The van der Waals surface area contributed by atoms with Crippen molar-refractivity contribution in [2.24, 2.45) is 0 Å². The molecule has 3 rings (SSSR count). The van der Waals surface area contributed by atoms with Gasteiger partial charge in [-0.3, -0.25) is 4.98 Å². The van der Waals surface area contributed by atoms with E-state index >= 15 is 0 Å². The van der Waals surface area contributed by atoms with E-state index in [4.69, 9.17) is 5.73 Å². The highest BCUT2D eigenvalue weighted by atomic mass is 19.3. The molecule has 0 aliphatic rings. The second-order valence-electron chi connectivity index (χ2n) is 4.44. The number of aromatic nitrogens is 4. The van der Waals surface area contributed by atoms with Crippen molar-refractivity contribution in [3.8, 4) is 11.4 Å². The Hall–Kier alpha value is -2.64. The Kier molecular flexibility index (Phi) is 3.20. The minimum absolute atomic E-state index is 0.0196. The molecule has 0 bridgehead atoms. The fourth-order valence-electron chi connectivity index (χ4n) is 2.05. The van der Waals surface area contributed by atoms with E-state index < -0.39 is 18.7 Å². The summed E-state index contributed by atoms with van der Waals surface area (Å²) in [4.78, 5) is 7.76. The minimum atomic E-state index is -2.54. The maximum Gasteiger partial charge on any atom is 0.242 e.